The monoisotopic (exact) mass is 344 g/mol. The standard InChI is InChI=1S/C18H24N4OS/c1-4-22-16(15-9-10-15)20-21-18(22)24-13(3)17(23)19-11-14-7-5-12(2)6-8-14/h5-8,13,15H,4,9-11H2,1-3H3,(H,19,23). The Morgan fingerprint density at radius 3 is 2.67 bits per heavy atom. The van der Waals surface area contributed by atoms with Gasteiger partial charge in [-0.15, -0.1) is 10.2 Å². The molecule has 1 heterocycles. The van der Waals surface area contributed by atoms with Crippen molar-refractivity contribution in [1.29, 1.82) is 0 Å². The molecular weight excluding hydrogens is 320 g/mol. The highest BCUT2D eigenvalue weighted by Gasteiger charge is 2.30. The highest BCUT2D eigenvalue weighted by Crippen LogP contribution is 2.40. The van der Waals surface area contributed by atoms with E-state index in [2.05, 4.69) is 46.1 Å². The van der Waals surface area contributed by atoms with Crippen LogP contribution in [-0.4, -0.2) is 25.9 Å². The number of carbonyl (C=O) groups is 1. The Bertz CT molecular complexity index is 706. The fourth-order valence-corrected chi connectivity index (χ4v) is 3.52. The van der Waals surface area contributed by atoms with Gasteiger partial charge in [0.05, 0.1) is 5.25 Å². The van der Waals surface area contributed by atoms with Crippen molar-refractivity contribution in [3.63, 3.8) is 0 Å². The second-order valence-corrected chi connectivity index (χ2v) is 7.63. The highest BCUT2D eigenvalue weighted by atomic mass is 32.2. The molecule has 3 rings (SSSR count). The molecule has 0 bridgehead atoms. The summed E-state index contributed by atoms with van der Waals surface area (Å²) in [5.74, 6) is 1.67. The largest absolute Gasteiger partial charge is 0.351 e. The number of carbonyl (C=O) groups excluding carboxylic acids is 1. The smallest absolute Gasteiger partial charge is 0.233 e. The second-order valence-electron chi connectivity index (χ2n) is 6.32. The molecule has 128 valence electrons. The Hall–Kier alpha value is -1.82. The maximum absolute atomic E-state index is 12.4. The molecular formula is C18H24N4OS. The quantitative estimate of drug-likeness (QED) is 0.783. The summed E-state index contributed by atoms with van der Waals surface area (Å²) in [6.07, 6.45) is 2.41. The zero-order valence-corrected chi connectivity index (χ0v) is 15.3. The van der Waals surface area contributed by atoms with Crippen LogP contribution in [0.2, 0.25) is 0 Å². The number of amides is 1. The van der Waals surface area contributed by atoms with E-state index < -0.39 is 0 Å². The highest BCUT2D eigenvalue weighted by molar-refractivity contribution is 8.00. The summed E-state index contributed by atoms with van der Waals surface area (Å²) in [6.45, 7) is 7.47. The molecule has 1 atom stereocenters. The summed E-state index contributed by atoms with van der Waals surface area (Å²) in [7, 11) is 0. The molecule has 1 amide bonds. The van der Waals surface area contributed by atoms with Crippen LogP contribution < -0.4 is 5.32 Å². The molecule has 24 heavy (non-hydrogen) atoms. The predicted octanol–water partition coefficient (Wildman–Crippen LogP) is 3.28. The lowest BCUT2D eigenvalue weighted by atomic mass is 10.1. The number of benzene rings is 1. The fourth-order valence-electron chi connectivity index (χ4n) is 2.58. The lowest BCUT2D eigenvalue weighted by molar-refractivity contribution is -0.120. The number of hydrogen-bond donors (Lipinski definition) is 1. The number of aryl methyl sites for hydroxylation is 1. The zero-order valence-electron chi connectivity index (χ0n) is 14.5. The summed E-state index contributed by atoms with van der Waals surface area (Å²) in [5.41, 5.74) is 2.33. The van der Waals surface area contributed by atoms with Crippen LogP contribution in [0.4, 0.5) is 0 Å². The van der Waals surface area contributed by atoms with Crippen molar-refractivity contribution in [2.45, 2.75) is 63.0 Å². The summed E-state index contributed by atoms with van der Waals surface area (Å²) >= 11 is 1.48. The van der Waals surface area contributed by atoms with Crippen LogP contribution >= 0.6 is 11.8 Å². The minimum absolute atomic E-state index is 0.0270. The minimum atomic E-state index is -0.197. The first-order valence-electron chi connectivity index (χ1n) is 8.51. The zero-order chi connectivity index (χ0) is 17.1. The number of nitrogens with one attached hydrogen (secondary N) is 1. The van der Waals surface area contributed by atoms with Crippen LogP contribution in [0, 0.1) is 6.92 Å². The van der Waals surface area contributed by atoms with Gasteiger partial charge < -0.3 is 9.88 Å². The topological polar surface area (TPSA) is 59.8 Å². The van der Waals surface area contributed by atoms with Crippen molar-refractivity contribution < 1.29 is 4.79 Å². The van der Waals surface area contributed by atoms with Crippen LogP contribution in [-0.2, 0) is 17.9 Å². The molecule has 1 N–H and O–H groups in total. The Morgan fingerprint density at radius 1 is 1.33 bits per heavy atom. The Balaban J connectivity index is 1.57. The average Bonchev–Trinajstić information content (AvgIpc) is 3.35. The molecule has 1 aromatic carbocycles. The van der Waals surface area contributed by atoms with Gasteiger partial charge in [-0.1, -0.05) is 41.6 Å². The molecule has 2 aromatic rings. The summed E-state index contributed by atoms with van der Waals surface area (Å²) in [4.78, 5) is 12.4. The number of aromatic nitrogens is 3. The van der Waals surface area contributed by atoms with E-state index in [0.29, 0.717) is 12.5 Å². The number of hydrogen-bond acceptors (Lipinski definition) is 4. The van der Waals surface area contributed by atoms with Gasteiger partial charge in [0.25, 0.3) is 0 Å². The number of nitrogens with zero attached hydrogens (tertiary/aromatic N) is 3. The Morgan fingerprint density at radius 2 is 2.04 bits per heavy atom. The van der Waals surface area contributed by atoms with E-state index in [-0.39, 0.29) is 11.2 Å². The van der Waals surface area contributed by atoms with Crippen LogP contribution in [0.3, 0.4) is 0 Å². The van der Waals surface area contributed by atoms with Crippen LogP contribution in [0.15, 0.2) is 29.4 Å². The van der Waals surface area contributed by atoms with Gasteiger partial charge in [0, 0.05) is 19.0 Å². The first-order valence-corrected chi connectivity index (χ1v) is 9.39. The van der Waals surface area contributed by atoms with E-state index in [1.54, 1.807) is 0 Å². The lowest BCUT2D eigenvalue weighted by Gasteiger charge is -2.13. The van der Waals surface area contributed by atoms with Gasteiger partial charge in [-0.2, -0.15) is 0 Å². The SMILES string of the molecule is CCn1c(SC(C)C(=O)NCc2ccc(C)cc2)nnc1C1CC1. The van der Waals surface area contributed by atoms with Gasteiger partial charge in [-0.25, -0.2) is 0 Å². The number of rotatable bonds is 7. The maximum Gasteiger partial charge on any atom is 0.233 e. The lowest BCUT2D eigenvalue weighted by Crippen LogP contribution is -2.30. The first-order chi connectivity index (χ1) is 11.6. The summed E-state index contributed by atoms with van der Waals surface area (Å²) in [6, 6.07) is 8.21. The number of thioether (sulfide) groups is 1. The third-order valence-corrected chi connectivity index (χ3v) is 5.32. The predicted molar refractivity (Wildman–Crippen MR) is 96.0 cm³/mol. The van der Waals surface area contributed by atoms with E-state index in [9.17, 15) is 4.79 Å². The molecule has 1 fully saturated rings. The minimum Gasteiger partial charge on any atom is -0.351 e. The second kappa shape index (κ2) is 7.38. The molecule has 1 saturated carbocycles. The third kappa shape index (κ3) is 3.98. The van der Waals surface area contributed by atoms with Crippen LogP contribution in [0.5, 0.6) is 0 Å². The molecule has 0 saturated heterocycles. The van der Waals surface area contributed by atoms with E-state index in [4.69, 9.17) is 0 Å². The van der Waals surface area contributed by atoms with Gasteiger partial charge in [0.2, 0.25) is 5.91 Å². The maximum atomic E-state index is 12.4. The van der Waals surface area contributed by atoms with Crippen molar-refractivity contribution in [1.82, 2.24) is 20.1 Å². The summed E-state index contributed by atoms with van der Waals surface area (Å²) in [5, 5.41) is 12.3. The van der Waals surface area contributed by atoms with E-state index in [1.807, 2.05) is 19.1 Å². The van der Waals surface area contributed by atoms with Crippen molar-refractivity contribution in [3.8, 4) is 0 Å². The van der Waals surface area contributed by atoms with Crippen LogP contribution in [0.25, 0.3) is 0 Å². The first kappa shape index (κ1) is 17.0. The molecule has 1 aromatic heterocycles. The average molecular weight is 344 g/mol. The van der Waals surface area contributed by atoms with Crippen molar-refractivity contribution >= 4 is 17.7 Å². The molecule has 0 radical (unpaired) electrons. The molecule has 1 unspecified atom stereocenters. The Kier molecular flexibility index (Phi) is 5.23. The van der Waals surface area contributed by atoms with Gasteiger partial charge in [0.1, 0.15) is 5.82 Å². The molecule has 6 heteroatoms. The van der Waals surface area contributed by atoms with Crippen molar-refractivity contribution in [2.24, 2.45) is 0 Å². The molecule has 5 nitrogen and oxygen atoms in total. The van der Waals surface area contributed by atoms with E-state index in [1.165, 1.54) is 30.2 Å². The van der Waals surface area contributed by atoms with E-state index >= 15 is 0 Å². The van der Waals surface area contributed by atoms with Crippen LogP contribution in [0.1, 0.15) is 49.6 Å². The van der Waals surface area contributed by atoms with Gasteiger partial charge in [-0.3, -0.25) is 4.79 Å². The van der Waals surface area contributed by atoms with E-state index in [0.717, 1.165) is 23.1 Å². The third-order valence-electron chi connectivity index (χ3n) is 4.24. The summed E-state index contributed by atoms with van der Waals surface area (Å²) < 4.78 is 2.14. The van der Waals surface area contributed by atoms with Gasteiger partial charge in [-0.05, 0) is 39.2 Å². The normalized spacial score (nSPS) is 15.3. The molecule has 1 aliphatic rings. The van der Waals surface area contributed by atoms with Gasteiger partial charge in [0.15, 0.2) is 5.16 Å². The fraction of sp³-hybridized carbons (Fsp3) is 0.500. The van der Waals surface area contributed by atoms with Gasteiger partial charge >= 0.3 is 0 Å². The Labute approximate surface area is 147 Å². The molecule has 0 spiro atoms. The van der Waals surface area contributed by atoms with Crippen molar-refractivity contribution in [3.05, 3.63) is 41.2 Å². The molecule has 0 aliphatic heterocycles. The molecule has 1 aliphatic carbocycles. The van der Waals surface area contributed by atoms with Crippen molar-refractivity contribution in [2.75, 3.05) is 0 Å².